The van der Waals surface area contributed by atoms with Crippen LogP contribution in [0.5, 0.6) is 0 Å². The zero-order chi connectivity index (χ0) is 20.8. The Morgan fingerprint density at radius 3 is 2.80 bits per heavy atom. The fourth-order valence-electron chi connectivity index (χ4n) is 4.19. The molecule has 4 heterocycles. The minimum absolute atomic E-state index is 0.0957. The van der Waals surface area contributed by atoms with Crippen LogP contribution in [0.15, 0.2) is 34.0 Å². The molecule has 2 aromatic heterocycles. The highest BCUT2D eigenvalue weighted by Gasteiger charge is 2.25. The van der Waals surface area contributed by atoms with Gasteiger partial charge in [-0.2, -0.15) is 0 Å². The van der Waals surface area contributed by atoms with Gasteiger partial charge < -0.3 is 15.5 Å². The lowest BCUT2D eigenvalue weighted by Gasteiger charge is -2.28. The van der Waals surface area contributed by atoms with Gasteiger partial charge in [0, 0.05) is 35.9 Å². The molecule has 2 N–H and O–H groups in total. The first-order chi connectivity index (χ1) is 14.7. The number of nitrogens with one attached hydrogen (secondary N) is 2. The Morgan fingerprint density at radius 1 is 1.17 bits per heavy atom. The van der Waals surface area contributed by atoms with Crippen molar-refractivity contribution in [3.63, 3.8) is 0 Å². The van der Waals surface area contributed by atoms with Crippen LogP contribution >= 0.6 is 22.7 Å². The van der Waals surface area contributed by atoms with E-state index < -0.39 is 0 Å². The van der Waals surface area contributed by atoms with Crippen molar-refractivity contribution in [1.82, 2.24) is 20.4 Å². The first kappa shape index (κ1) is 21.3. The molecule has 1 fully saturated rings. The molecule has 30 heavy (non-hydrogen) atoms. The first-order valence-corrected chi connectivity index (χ1v) is 12.6. The zero-order valence-electron chi connectivity index (χ0n) is 17.6. The second-order valence-corrected chi connectivity index (χ2v) is 9.76. The van der Waals surface area contributed by atoms with Crippen LogP contribution in [-0.4, -0.2) is 60.9 Å². The van der Waals surface area contributed by atoms with Crippen LogP contribution < -0.4 is 10.6 Å². The van der Waals surface area contributed by atoms with Crippen molar-refractivity contribution in [3.8, 4) is 0 Å². The molecule has 2 aliphatic heterocycles. The van der Waals surface area contributed by atoms with E-state index in [0.29, 0.717) is 12.6 Å². The molecule has 2 aliphatic rings. The number of thiophene rings is 2. The Kier molecular flexibility index (Phi) is 7.41. The predicted octanol–water partition coefficient (Wildman–Crippen LogP) is 3.09. The number of nitrogens with zero attached hydrogens (tertiary/aromatic N) is 3. The maximum atomic E-state index is 12.7. The van der Waals surface area contributed by atoms with E-state index in [9.17, 15) is 4.79 Å². The van der Waals surface area contributed by atoms with E-state index in [-0.39, 0.29) is 12.5 Å². The summed E-state index contributed by atoms with van der Waals surface area (Å²) in [5.41, 5.74) is 1.29. The van der Waals surface area contributed by atoms with E-state index in [1.165, 1.54) is 28.2 Å². The van der Waals surface area contributed by atoms with E-state index in [2.05, 4.69) is 56.4 Å². The van der Waals surface area contributed by atoms with Gasteiger partial charge in [-0.25, -0.2) is 4.99 Å². The van der Waals surface area contributed by atoms with Gasteiger partial charge >= 0.3 is 0 Å². The molecule has 0 bridgehead atoms. The number of fused-ring (bicyclic) bond motifs is 1. The summed E-state index contributed by atoms with van der Waals surface area (Å²) in [7, 11) is 0. The summed E-state index contributed by atoms with van der Waals surface area (Å²) in [5.74, 6) is 0.818. The molecule has 8 heteroatoms. The van der Waals surface area contributed by atoms with Crippen molar-refractivity contribution in [1.29, 1.82) is 0 Å². The Bertz CT molecular complexity index is 842. The lowest BCUT2D eigenvalue weighted by Crippen LogP contribution is -2.43. The van der Waals surface area contributed by atoms with Gasteiger partial charge in [0.15, 0.2) is 5.96 Å². The van der Waals surface area contributed by atoms with Crippen LogP contribution in [0.1, 0.15) is 41.1 Å². The van der Waals surface area contributed by atoms with E-state index in [0.717, 1.165) is 45.1 Å². The third-order valence-corrected chi connectivity index (χ3v) is 7.79. The molecule has 4 rings (SSSR count). The number of guanidine groups is 1. The van der Waals surface area contributed by atoms with E-state index in [1.54, 1.807) is 11.3 Å². The highest BCUT2D eigenvalue weighted by atomic mass is 32.1. The number of carbonyl (C=O) groups is 1. The summed E-state index contributed by atoms with van der Waals surface area (Å²) in [4.78, 5) is 24.6. The Morgan fingerprint density at radius 2 is 2.03 bits per heavy atom. The first-order valence-electron chi connectivity index (χ1n) is 10.9. The summed E-state index contributed by atoms with van der Waals surface area (Å²) in [6.45, 7) is 7.61. The van der Waals surface area contributed by atoms with Crippen molar-refractivity contribution >= 4 is 34.5 Å². The van der Waals surface area contributed by atoms with Crippen LogP contribution in [0.25, 0.3) is 0 Å². The molecular weight excluding hydrogens is 414 g/mol. The number of carbonyl (C=O) groups excluding carboxylic acids is 1. The molecule has 1 atom stereocenters. The molecule has 6 nitrogen and oxygen atoms in total. The highest BCUT2D eigenvalue weighted by Crippen LogP contribution is 2.28. The summed E-state index contributed by atoms with van der Waals surface area (Å²) >= 11 is 3.61. The van der Waals surface area contributed by atoms with Crippen LogP contribution in [0.4, 0.5) is 0 Å². The van der Waals surface area contributed by atoms with Gasteiger partial charge in [-0.05, 0) is 67.7 Å². The lowest BCUT2D eigenvalue weighted by atomic mass is 10.1. The second kappa shape index (κ2) is 10.4. The number of hydrogen-bond acceptors (Lipinski definition) is 5. The van der Waals surface area contributed by atoms with Crippen molar-refractivity contribution in [2.75, 3.05) is 39.3 Å². The normalized spacial score (nSPS) is 18.3. The Labute approximate surface area is 187 Å². The molecule has 2 aromatic rings. The highest BCUT2D eigenvalue weighted by molar-refractivity contribution is 7.10. The summed E-state index contributed by atoms with van der Waals surface area (Å²) < 4.78 is 0. The molecule has 1 amide bonds. The average Bonchev–Trinajstić information content (AvgIpc) is 3.54. The second-order valence-electron chi connectivity index (χ2n) is 7.78. The van der Waals surface area contributed by atoms with Gasteiger partial charge in [0.25, 0.3) is 0 Å². The van der Waals surface area contributed by atoms with E-state index >= 15 is 0 Å². The van der Waals surface area contributed by atoms with Gasteiger partial charge in [0.05, 0.1) is 6.04 Å². The largest absolute Gasteiger partial charge is 0.357 e. The lowest BCUT2D eigenvalue weighted by molar-refractivity contribution is -0.130. The van der Waals surface area contributed by atoms with Crippen molar-refractivity contribution < 1.29 is 4.79 Å². The van der Waals surface area contributed by atoms with E-state index in [4.69, 9.17) is 0 Å². The molecule has 0 radical (unpaired) electrons. The van der Waals surface area contributed by atoms with Crippen molar-refractivity contribution in [2.24, 2.45) is 4.99 Å². The average molecular weight is 446 g/mol. The number of amides is 1. The number of likely N-dealkylation sites (tertiary alicyclic amines) is 1. The minimum atomic E-state index is 0.0957. The predicted molar refractivity (Wildman–Crippen MR) is 125 cm³/mol. The topological polar surface area (TPSA) is 60.0 Å². The molecule has 162 valence electrons. The van der Waals surface area contributed by atoms with Gasteiger partial charge in [-0.15, -0.1) is 22.7 Å². The third-order valence-electron chi connectivity index (χ3n) is 5.79. The maximum absolute atomic E-state index is 12.7. The number of aliphatic imine (C=N–C) groups is 1. The minimum Gasteiger partial charge on any atom is -0.357 e. The van der Waals surface area contributed by atoms with Gasteiger partial charge in [-0.3, -0.25) is 9.69 Å². The number of hydrogen-bond donors (Lipinski definition) is 2. The van der Waals surface area contributed by atoms with Crippen LogP contribution in [0.3, 0.4) is 0 Å². The van der Waals surface area contributed by atoms with E-state index in [1.807, 2.05) is 16.2 Å². The standard InChI is InChI=1S/C22H31N5OS2/c1-2-23-22(24-14-18(20-6-5-12-29-20)26-9-3-4-10-26)25-15-21(28)27-11-7-19-17(16-27)8-13-30-19/h5-6,8,12-13,18H,2-4,7,9-11,14-16H2,1H3,(H2,23,24,25). The fourth-order valence-corrected chi connectivity index (χ4v) is 5.94. The zero-order valence-corrected chi connectivity index (χ0v) is 19.2. The van der Waals surface area contributed by atoms with Gasteiger partial charge in [0.2, 0.25) is 5.91 Å². The smallest absolute Gasteiger partial charge is 0.244 e. The molecule has 1 saturated heterocycles. The summed E-state index contributed by atoms with van der Waals surface area (Å²) in [6.07, 6.45) is 3.50. The van der Waals surface area contributed by atoms with Crippen molar-refractivity contribution in [2.45, 2.75) is 38.8 Å². The fraction of sp³-hybridized carbons (Fsp3) is 0.545. The maximum Gasteiger partial charge on any atom is 0.244 e. The molecule has 0 spiro atoms. The van der Waals surface area contributed by atoms with Crippen LogP contribution in [0.2, 0.25) is 0 Å². The summed E-state index contributed by atoms with van der Waals surface area (Å²) in [6, 6.07) is 6.83. The molecule has 0 aromatic carbocycles. The Hall–Kier alpha value is -1.90. The molecule has 0 saturated carbocycles. The molecular formula is C22H31N5OS2. The van der Waals surface area contributed by atoms with Crippen LogP contribution in [-0.2, 0) is 17.8 Å². The quantitative estimate of drug-likeness (QED) is 0.508. The monoisotopic (exact) mass is 445 g/mol. The number of rotatable bonds is 7. The Balaban J connectivity index is 1.35. The molecule has 1 unspecified atom stereocenters. The summed E-state index contributed by atoms with van der Waals surface area (Å²) in [5, 5.41) is 11.1. The van der Waals surface area contributed by atoms with Gasteiger partial charge in [0.1, 0.15) is 6.54 Å². The van der Waals surface area contributed by atoms with Crippen LogP contribution in [0, 0.1) is 0 Å². The van der Waals surface area contributed by atoms with Crippen molar-refractivity contribution in [3.05, 3.63) is 44.3 Å². The third kappa shape index (κ3) is 5.22. The molecule has 0 aliphatic carbocycles. The SMILES string of the molecule is CCNC(=NCC(=O)N1CCc2sccc2C1)NCC(c1cccs1)N1CCCC1. The van der Waals surface area contributed by atoms with Gasteiger partial charge in [-0.1, -0.05) is 6.07 Å².